The van der Waals surface area contributed by atoms with Crippen LogP contribution in [0.15, 0.2) is 40.2 Å². The second kappa shape index (κ2) is 9.09. The lowest BCUT2D eigenvalue weighted by Gasteiger charge is -2.15. The van der Waals surface area contributed by atoms with Gasteiger partial charge in [-0.2, -0.15) is 4.99 Å². The lowest BCUT2D eigenvalue weighted by atomic mass is 10.1. The fourth-order valence-electron chi connectivity index (χ4n) is 2.44. The molecule has 0 spiro atoms. The average Bonchev–Trinajstić information content (AvgIpc) is 2.93. The van der Waals surface area contributed by atoms with Gasteiger partial charge in [-0.05, 0) is 54.6 Å². The van der Waals surface area contributed by atoms with Gasteiger partial charge in [-0.25, -0.2) is 0 Å². The minimum atomic E-state index is -0.380. The van der Waals surface area contributed by atoms with Crippen LogP contribution < -0.4 is 15.2 Å². The molecule has 1 heterocycles. The van der Waals surface area contributed by atoms with Crippen molar-refractivity contribution in [2.45, 2.75) is 13.5 Å². The molecule has 2 aromatic rings. The number of amides is 1. The average molecular weight is 458 g/mol. The second-order valence-corrected chi connectivity index (χ2v) is 7.97. The van der Waals surface area contributed by atoms with Gasteiger partial charge in [-0.3, -0.25) is 4.79 Å². The van der Waals surface area contributed by atoms with Crippen molar-refractivity contribution in [2.75, 3.05) is 6.61 Å². The number of halogens is 3. The molecule has 1 aliphatic rings. The fraction of sp³-hybridized carbons (Fsp3) is 0.158. The SMILES string of the molecule is CCOc1cc(/C=C2\SC(N)=NC2=O)cc(Cl)c1OCc1ccc(Cl)cc1Cl. The summed E-state index contributed by atoms with van der Waals surface area (Å²) in [5.41, 5.74) is 7.01. The molecule has 28 heavy (non-hydrogen) atoms. The van der Waals surface area contributed by atoms with Crippen molar-refractivity contribution in [2.24, 2.45) is 10.7 Å². The zero-order valence-corrected chi connectivity index (χ0v) is 17.8. The molecule has 146 valence electrons. The third kappa shape index (κ3) is 4.94. The molecule has 2 N–H and O–H groups in total. The van der Waals surface area contributed by atoms with Crippen molar-refractivity contribution in [1.29, 1.82) is 0 Å². The first-order valence-corrected chi connectivity index (χ1v) is 10.1. The Morgan fingerprint density at radius 3 is 2.57 bits per heavy atom. The van der Waals surface area contributed by atoms with Gasteiger partial charge in [0.2, 0.25) is 0 Å². The zero-order chi connectivity index (χ0) is 20.3. The molecule has 0 bridgehead atoms. The molecule has 0 atom stereocenters. The molecule has 9 heteroatoms. The summed E-state index contributed by atoms with van der Waals surface area (Å²) in [6.07, 6.45) is 1.66. The summed E-state index contributed by atoms with van der Waals surface area (Å²) in [6, 6.07) is 8.58. The van der Waals surface area contributed by atoms with Crippen molar-refractivity contribution in [3.05, 3.63) is 61.4 Å². The van der Waals surface area contributed by atoms with Crippen LogP contribution in [0.25, 0.3) is 6.08 Å². The molecule has 0 radical (unpaired) electrons. The van der Waals surface area contributed by atoms with Crippen LogP contribution in [0, 0.1) is 0 Å². The first kappa shape index (κ1) is 20.9. The number of nitrogens with two attached hydrogens (primary N) is 1. The molecule has 5 nitrogen and oxygen atoms in total. The molecule has 0 saturated carbocycles. The summed E-state index contributed by atoms with van der Waals surface area (Å²) in [7, 11) is 0. The maximum atomic E-state index is 11.8. The van der Waals surface area contributed by atoms with E-state index >= 15 is 0 Å². The van der Waals surface area contributed by atoms with E-state index in [9.17, 15) is 4.79 Å². The molecular formula is C19H15Cl3N2O3S. The molecule has 0 fully saturated rings. The Bertz CT molecular complexity index is 993. The largest absolute Gasteiger partial charge is 0.490 e. The van der Waals surface area contributed by atoms with E-state index < -0.39 is 0 Å². The molecular weight excluding hydrogens is 443 g/mol. The second-order valence-electron chi connectivity index (χ2n) is 5.65. The van der Waals surface area contributed by atoms with Crippen LogP contribution in [0.2, 0.25) is 15.1 Å². The highest BCUT2D eigenvalue weighted by Crippen LogP contribution is 2.39. The third-order valence-corrected chi connectivity index (χ3v) is 5.33. The van der Waals surface area contributed by atoms with E-state index in [1.807, 2.05) is 6.92 Å². The summed E-state index contributed by atoms with van der Waals surface area (Å²) in [6.45, 7) is 2.46. The van der Waals surface area contributed by atoms with E-state index in [0.717, 1.165) is 17.3 Å². The van der Waals surface area contributed by atoms with E-state index in [1.54, 1.807) is 36.4 Å². The summed E-state index contributed by atoms with van der Waals surface area (Å²) >= 11 is 19.6. The number of ether oxygens (including phenoxy) is 2. The van der Waals surface area contributed by atoms with Gasteiger partial charge < -0.3 is 15.2 Å². The number of hydrogen-bond acceptors (Lipinski definition) is 5. The van der Waals surface area contributed by atoms with E-state index in [-0.39, 0.29) is 17.7 Å². The first-order valence-electron chi connectivity index (χ1n) is 8.18. The van der Waals surface area contributed by atoms with Gasteiger partial charge in [0.05, 0.1) is 16.5 Å². The van der Waals surface area contributed by atoms with Crippen molar-refractivity contribution >= 4 is 63.7 Å². The molecule has 1 amide bonds. The normalized spacial score (nSPS) is 15.1. The predicted octanol–water partition coefficient (Wildman–Crippen LogP) is 5.55. The van der Waals surface area contributed by atoms with Crippen molar-refractivity contribution < 1.29 is 14.3 Å². The van der Waals surface area contributed by atoms with Crippen LogP contribution in [0.5, 0.6) is 11.5 Å². The molecule has 2 aromatic carbocycles. The Morgan fingerprint density at radius 1 is 1.14 bits per heavy atom. The number of benzene rings is 2. The van der Waals surface area contributed by atoms with Gasteiger partial charge in [-0.15, -0.1) is 0 Å². The lowest BCUT2D eigenvalue weighted by molar-refractivity contribution is -0.113. The maximum absolute atomic E-state index is 11.8. The smallest absolute Gasteiger partial charge is 0.286 e. The standard InChI is InChI=1S/C19H15Cl3N2O3S/c1-2-26-15-6-10(7-16-18(25)24-19(23)28-16)5-14(22)17(15)27-9-11-3-4-12(20)8-13(11)21/h3-8H,2,9H2,1H3,(H2,23,24,25)/b16-7-. The molecule has 0 unspecified atom stereocenters. The van der Waals surface area contributed by atoms with Gasteiger partial charge in [0, 0.05) is 15.6 Å². The van der Waals surface area contributed by atoms with Gasteiger partial charge in [0.25, 0.3) is 5.91 Å². The van der Waals surface area contributed by atoms with Crippen LogP contribution >= 0.6 is 46.6 Å². The molecule has 0 saturated heterocycles. The highest BCUT2D eigenvalue weighted by Gasteiger charge is 2.20. The van der Waals surface area contributed by atoms with Crippen LogP contribution in [0.3, 0.4) is 0 Å². The molecule has 3 rings (SSSR count). The van der Waals surface area contributed by atoms with Gasteiger partial charge in [0.15, 0.2) is 16.7 Å². The van der Waals surface area contributed by atoms with E-state index in [0.29, 0.717) is 43.6 Å². The summed E-state index contributed by atoms with van der Waals surface area (Å²) in [5.74, 6) is 0.461. The minimum Gasteiger partial charge on any atom is -0.490 e. The van der Waals surface area contributed by atoms with Crippen molar-refractivity contribution in [3.8, 4) is 11.5 Å². The number of rotatable bonds is 6. The summed E-state index contributed by atoms with van der Waals surface area (Å²) in [4.78, 5) is 15.9. The maximum Gasteiger partial charge on any atom is 0.286 e. The fourth-order valence-corrected chi connectivity index (χ4v) is 3.86. The van der Waals surface area contributed by atoms with E-state index in [4.69, 9.17) is 50.0 Å². The van der Waals surface area contributed by atoms with E-state index in [2.05, 4.69) is 4.99 Å². The Morgan fingerprint density at radius 2 is 1.93 bits per heavy atom. The quantitative estimate of drug-likeness (QED) is 0.575. The third-order valence-electron chi connectivity index (χ3n) is 3.65. The minimum absolute atomic E-state index is 0.189. The topological polar surface area (TPSA) is 73.9 Å². The number of carbonyl (C=O) groups is 1. The van der Waals surface area contributed by atoms with Crippen LogP contribution in [0.1, 0.15) is 18.1 Å². The number of thioether (sulfide) groups is 1. The molecule has 0 aromatic heterocycles. The van der Waals surface area contributed by atoms with Crippen molar-refractivity contribution in [1.82, 2.24) is 0 Å². The van der Waals surface area contributed by atoms with Gasteiger partial charge in [-0.1, -0.05) is 40.9 Å². The predicted molar refractivity (Wildman–Crippen MR) is 116 cm³/mol. The number of carbonyl (C=O) groups excluding carboxylic acids is 1. The van der Waals surface area contributed by atoms with Crippen molar-refractivity contribution in [3.63, 3.8) is 0 Å². The van der Waals surface area contributed by atoms with E-state index in [1.165, 1.54) is 0 Å². The Labute approximate surface area is 181 Å². The molecule has 0 aliphatic carbocycles. The summed E-state index contributed by atoms with van der Waals surface area (Å²) in [5, 5.41) is 1.60. The summed E-state index contributed by atoms with van der Waals surface area (Å²) < 4.78 is 11.5. The highest BCUT2D eigenvalue weighted by atomic mass is 35.5. The van der Waals surface area contributed by atoms with Gasteiger partial charge in [0.1, 0.15) is 6.61 Å². The molecule has 1 aliphatic heterocycles. The number of amidine groups is 1. The number of nitrogens with zero attached hydrogens (tertiary/aromatic N) is 1. The first-order chi connectivity index (χ1) is 13.4. The Kier molecular flexibility index (Phi) is 6.78. The zero-order valence-electron chi connectivity index (χ0n) is 14.7. The van der Waals surface area contributed by atoms with Crippen LogP contribution in [-0.4, -0.2) is 17.7 Å². The number of aliphatic imine (C=N–C) groups is 1. The number of hydrogen-bond donors (Lipinski definition) is 1. The van der Waals surface area contributed by atoms with Crippen LogP contribution in [-0.2, 0) is 11.4 Å². The Balaban J connectivity index is 1.87. The van der Waals surface area contributed by atoms with Gasteiger partial charge >= 0.3 is 0 Å². The van der Waals surface area contributed by atoms with Crippen LogP contribution in [0.4, 0.5) is 0 Å². The Hall–Kier alpha value is -1.86. The monoisotopic (exact) mass is 456 g/mol. The lowest BCUT2D eigenvalue weighted by Crippen LogP contribution is -2.01. The highest BCUT2D eigenvalue weighted by molar-refractivity contribution is 8.18.